The molecule has 6 rings (SSSR count). The summed E-state index contributed by atoms with van der Waals surface area (Å²) in [7, 11) is 0. The molecule has 0 aliphatic carbocycles. The van der Waals surface area contributed by atoms with Gasteiger partial charge in [-0.05, 0) is 36.0 Å². The van der Waals surface area contributed by atoms with E-state index in [2.05, 4.69) is 21.6 Å². The molecule has 1 saturated heterocycles. The topological polar surface area (TPSA) is 89.6 Å². The summed E-state index contributed by atoms with van der Waals surface area (Å²) in [5.74, 6) is 0.755. The summed E-state index contributed by atoms with van der Waals surface area (Å²) in [5.41, 5.74) is 5.71. The van der Waals surface area contributed by atoms with E-state index in [4.69, 9.17) is 14.1 Å². The Bertz CT molecular complexity index is 1410. The minimum absolute atomic E-state index is 0.0595. The van der Waals surface area contributed by atoms with Crippen LogP contribution < -0.4 is 5.32 Å². The number of carbonyl (C=O) groups excluding carboxylic acids is 1. The van der Waals surface area contributed by atoms with Crippen molar-refractivity contribution in [3.8, 4) is 11.5 Å². The Labute approximate surface area is 209 Å². The lowest BCUT2D eigenvalue weighted by Crippen LogP contribution is -2.29. The van der Waals surface area contributed by atoms with Crippen LogP contribution in [0.25, 0.3) is 11.5 Å². The highest BCUT2D eigenvalue weighted by Gasteiger charge is 2.28. The molecule has 180 valence electrons. The van der Waals surface area contributed by atoms with Gasteiger partial charge in [-0.2, -0.15) is 0 Å². The zero-order chi connectivity index (χ0) is 24.3. The van der Waals surface area contributed by atoms with Gasteiger partial charge in [0, 0.05) is 36.3 Å². The number of benzene rings is 3. The normalized spacial score (nSPS) is 18.3. The Morgan fingerprint density at radius 2 is 1.53 bits per heavy atom. The first-order chi connectivity index (χ1) is 17.8. The van der Waals surface area contributed by atoms with Gasteiger partial charge in [-0.25, -0.2) is 0 Å². The molecule has 0 saturated carbocycles. The summed E-state index contributed by atoms with van der Waals surface area (Å²) in [5, 5.41) is 11.6. The van der Waals surface area contributed by atoms with Gasteiger partial charge in [0.25, 0.3) is 0 Å². The Morgan fingerprint density at radius 1 is 0.806 bits per heavy atom. The van der Waals surface area contributed by atoms with E-state index in [0.29, 0.717) is 11.8 Å². The fourth-order valence-electron chi connectivity index (χ4n) is 4.96. The Hall–Kier alpha value is -4.10. The molecular formula is C29H26N4O3. The zero-order valence-electron chi connectivity index (χ0n) is 19.8. The number of ether oxygens (including phenoxy) is 1. The molecule has 3 aromatic carbocycles. The number of rotatable bonds is 5. The number of nitrogens with one attached hydrogen (secondary N) is 1. The number of hydrogen-bond donors (Lipinski definition) is 1. The van der Waals surface area contributed by atoms with Crippen molar-refractivity contribution in [3.05, 3.63) is 101 Å². The Morgan fingerprint density at radius 3 is 2.36 bits per heavy atom. The highest BCUT2D eigenvalue weighted by molar-refractivity contribution is 6.16. The average Bonchev–Trinajstić information content (AvgIpc) is 3.35. The molecule has 0 bridgehead atoms. The summed E-state index contributed by atoms with van der Waals surface area (Å²) in [6.07, 6.45) is 1.35. The molecule has 7 heteroatoms. The highest BCUT2D eigenvalue weighted by Crippen LogP contribution is 2.34. The average molecular weight is 479 g/mol. The van der Waals surface area contributed by atoms with Gasteiger partial charge in [-0.15, -0.1) is 5.10 Å². The van der Waals surface area contributed by atoms with Crippen molar-refractivity contribution < 1.29 is 13.9 Å². The number of fused-ring (bicyclic) bond motifs is 1. The van der Waals surface area contributed by atoms with Crippen molar-refractivity contribution in [3.63, 3.8) is 0 Å². The van der Waals surface area contributed by atoms with E-state index in [-0.39, 0.29) is 18.2 Å². The van der Waals surface area contributed by atoms with E-state index < -0.39 is 6.17 Å². The van der Waals surface area contributed by atoms with Crippen LogP contribution in [0.4, 0.5) is 6.01 Å². The van der Waals surface area contributed by atoms with Gasteiger partial charge in [0.05, 0.1) is 5.71 Å². The third-order valence-electron chi connectivity index (χ3n) is 6.79. The lowest BCUT2D eigenvalue weighted by Gasteiger charge is -2.23. The van der Waals surface area contributed by atoms with Crippen LogP contribution in [0.15, 0.2) is 88.3 Å². The van der Waals surface area contributed by atoms with E-state index in [1.165, 1.54) is 5.56 Å². The van der Waals surface area contributed by atoms with Gasteiger partial charge >= 0.3 is 6.01 Å². The monoisotopic (exact) mass is 478 g/mol. The quantitative estimate of drug-likeness (QED) is 0.433. The Balaban J connectivity index is 1.32. The van der Waals surface area contributed by atoms with Crippen LogP contribution >= 0.6 is 0 Å². The maximum atomic E-state index is 13.2. The van der Waals surface area contributed by atoms with Crippen LogP contribution in [0, 0.1) is 0 Å². The predicted molar refractivity (Wildman–Crippen MR) is 137 cm³/mol. The van der Waals surface area contributed by atoms with Crippen molar-refractivity contribution in [1.29, 1.82) is 0 Å². The lowest BCUT2D eigenvalue weighted by atomic mass is 9.88. The third-order valence-corrected chi connectivity index (χ3v) is 6.79. The van der Waals surface area contributed by atoms with Crippen molar-refractivity contribution in [1.82, 2.24) is 10.2 Å². The third kappa shape index (κ3) is 4.45. The maximum Gasteiger partial charge on any atom is 0.317 e. The van der Waals surface area contributed by atoms with Gasteiger partial charge in [-0.1, -0.05) is 77.9 Å². The molecule has 1 aromatic heterocycles. The molecule has 1 unspecified atom stereocenters. The molecular weight excluding hydrogens is 452 g/mol. The molecule has 1 N–H and O–H groups in total. The SMILES string of the molecule is O=C1Cc2ccccc2C(c2ccccc2)=NC1Nc1nnc(-c2ccccc2C2CCOCC2)o1. The van der Waals surface area contributed by atoms with Gasteiger partial charge < -0.3 is 14.5 Å². The molecule has 0 spiro atoms. The standard InChI is InChI=1S/C29H26N4O3/c34-25-18-21-10-4-5-12-23(21)26(20-8-2-1-3-9-20)30-27(25)31-29-33-32-28(36-29)24-13-7-6-11-22(24)19-14-16-35-17-15-19/h1-13,19,27H,14-18H2,(H,31,33). The van der Waals surface area contributed by atoms with Crippen LogP contribution in [-0.2, 0) is 16.0 Å². The summed E-state index contributed by atoms with van der Waals surface area (Å²) in [6.45, 7) is 1.51. The molecule has 2 aliphatic rings. The van der Waals surface area contributed by atoms with E-state index in [1.54, 1.807) is 0 Å². The van der Waals surface area contributed by atoms with Crippen molar-refractivity contribution in [2.24, 2.45) is 4.99 Å². The number of Topliss-reactive ketones (excluding diaryl/α,β-unsaturated/α-hetero) is 1. The first-order valence-electron chi connectivity index (χ1n) is 12.3. The molecule has 36 heavy (non-hydrogen) atoms. The van der Waals surface area contributed by atoms with E-state index >= 15 is 0 Å². The lowest BCUT2D eigenvalue weighted by molar-refractivity contribution is -0.119. The minimum Gasteiger partial charge on any atom is -0.403 e. The Kier molecular flexibility index (Phi) is 6.13. The zero-order valence-corrected chi connectivity index (χ0v) is 19.8. The number of ketones is 1. The van der Waals surface area contributed by atoms with E-state index in [0.717, 1.165) is 54.0 Å². The second-order valence-corrected chi connectivity index (χ2v) is 9.08. The molecule has 2 aliphatic heterocycles. The molecule has 4 aromatic rings. The molecule has 0 amide bonds. The number of hydrogen-bond acceptors (Lipinski definition) is 7. The van der Waals surface area contributed by atoms with Crippen LogP contribution in [0.5, 0.6) is 0 Å². The van der Waals surface area contributed by atoms with E-state index in [9.17, 15) is 4.79 Å². The molecule has 3 heterocycles. The maximum absolute atomic E-state index is 13.2. The number of nitrogens with zero attached hydrogens (tertiary/aromatic N) is 3. The predicted octanol–water partition coefficient (Wildman–Crippen LogP) is 5.03. The van der Waals surface area contributed by atoms with Crippen molar-refractivity contribution in [2.75, 3.05) is 18.5 Å². The van der Waals surface area contributed by atoms with Crippen molar-refractivity contribution in [2.45, 2.75) is 31.3 Å². The van der Waals surface area contributed by atoms with Gasteiger partial charge in [-0.3, -0.25) is 9.79 Å². The summed E-state index contributed by atoms with van der Waals surface area (Å²) < 4.78 is 11.6. The minimum atomic E-state index is -0.841. The smallest absolute Gasteiger partial charge is 0.317 e. The second kappa shape index (κ2) is 9.87. The molecule has 7 nitrogen and oxygen atoms in total. The first-order valence-corrected chi connectivity index (χ1v) is 12.3. The van der Waals surface area contributed by atoms with Gasteiger partial charge in [0.15, 0.2) is 11.9 Å². The van der Waals surface area contributed by atoms with Crippen molar-refractivity contribution >= 4 is 17.5 Å². The summed E-state index contributed by atoms with van der Waals surface area (Å²) >= 11 is 0. The number of anilines is 1. The summed E-state index contributed by atoms with van der Waals surface area (Å²) in [4.78, 5) is 18.1. The number of aromatic nitrogens is 2. The van der Waals surface area contributed by atoms with Gasteiger partial charge in [0.1, 0.15) is 0 Å². The largest absolute Gasteiger partial charge is 0.403 e. The van der Waals surface area contributed by atoms with Crippen LogP contribution in [0.2, 0.25) is 0 Å². The molecule has 0 radical (unpaired) electrons. The summed E-state index contributed by atoms with van der Waals surface area (Å²) in [6, 6.07) is 26.1. The molecule has 1 atom stereocenters. The van der Waals surface area contributed by atoms with Crippen LogP contribution in [0.1, 0.15) is 41.0 Å². The van der Waals surface area contributed by atoms with Gasteiger partial charge in [0.2, 0.25) is 5.89 Å². The first kappa shape index (κ1) is 22.4. The van der Waals surface area contributed by atoms with Crippen LogP contribution in [-0.4, -0.2) is 41.1 Å². The highest BCUT2D eigenvalue weighted by atomic mass is 16.5. The van der Waals surface area contributed by atoms with Crippen LogP contribution in [0.3, 0.4) is 0 Å². The van der Waals surface area contributed by atoms with E-state index in [1.807, 2.05) is 72.8 Å². The number of carbonyl (C=O) groups is 1. The fraction of sp³-hybridized carbons (Fsp3) is 0.241. The number of aliphatic imine (C=N–C) groups is 1. The molecule has 1 fully saturated rings. The fourth-order valence-corrected chi connectivity index (χ4v) is 4.96. The second-order valence-electron chi connectivity index (χ2n) is 9.08.